The van der Waals surface area contributed by atoms with Crippen molar-refractivity contribution in [2.24, 2.45) is 11.8 Å². The van der Waals surface area contributed by atoms with Crippen molar-refractivity contribution in [2.75, 3.05) is 36.0 Å². The number of nitrogens with zero attached hydrogens (tertiary/aromatic N) is 3. The van der Waals surface area contributed by atoms with Gasteiger partial charge in [-0.2, -0.15) is 0 Å². The Morgan fingerprint density at radius 1 is 0.675 bits per heavy atom. The van der Waals surface area contributed by atoms with Gasteiger partial charge in [-0.15, -0.1) is 0 Å². The molecule has 1 saturated heterocycles. The van der Waals surface area contributed by atoms with Crippen molar-refractivity contribution in [2.45, 2.75) is 128 Å². The SMILES string of the molecule is CCC1CC(C)C(c2cccc(N3CCN(c4cc(C5CCCCCC5)nc(C5CCCCCC5)c4)CC3)c2)C1. The molecule has 40 heavy (non-hydrogen) atoms. The average Bonchev–Trinajstić information content (AvgIpc) is 3.22. The first-order valence-corrected chi connectivity index (χ1v) is 17.3. The standard InChI is InChI=1S/C37H55N3/c1-3-29-23-28(2)35(24-29)32-17-12-18-33(25-32)39-19-21-40(22-20-39)34-26-36(30-13-8-4-5-9-14-30)38-37(27-34)31-15-10-6-7-11-16-31/h12,17-18,25-31,35H,3-11,13-16,19-24H2,1-2H3. The molecule has 0 radical (unpaired) electrons. The Morgan fingerprint density at radius 2 is 1.23 bits per heavy atom. The molecule has 1 aliphatic heterocycles. The number of hydrogen-bond donors (Lipinski definition) is 0. The first-order valence-electron chi connectivity index (χ1n) is 17.3. The lowest BCUT2D eigenvalue weighted by Crippen LogP contribution is -2.46. The van der Waals surface area contributed by atoms with Gasteiger partial charge < -0.3 is 9.80 Å². The minimum absolute atomic E-state index is 0.668. The van der Waals surface area contributed by atoms with Crippen LogP contribution in [-0.2, 0) is 0 Å². The van der Waals surface area contributed by atoms with Crippen molar-refractivity contribution in [1.29, 1.82) is 0 Å². The van der Waals surface area contributed by atoms with Gasteiger partial charge in [0.25, 0.3) is 0 Å². The molecule has 0 amide bonds. The van der Waals surface area contributed by atoms with Gasteiger partial charge in [0, 0.05) is 60.8 Å². The summed E-state index contributed by atoms with van der Waals surface area (Å²) in [5.41, 5.74) is 7.33. The highest BCUT2D eigenvalue weighted by atomic mass is 15.3. The van der Waals surface area contributed by atoms with Crippen LogP contribution in [0.1, 0.15) is 145 Å². The first kappa shape index (κ1) is 28.1. The van der Waals surface area contributed by atoms with E-state index in [9.17, 15) is 0 Å². The predicted molar refractivity (Wildman–Crippen MR) is 171 cm³/mol. The van der Waals surface area contributed by atoms with E-state index in [1.54, 1.807) is 5.56 Å². The zero-order valence-corrected chi connectivity index (χ0v) is 25.6. The van der Waals surface area contributed by atoms with Gasteiger partial charge in [0.2, 0.25) is 0 Å². The Balaban J connectivity index is 1.18. The maximum absolute atomic E-state index is 5.45. The number of rotatable bonds is 6. The molecule has 0 N–H and O–H groups in total. The Labute approximate surface area is 245 Å². The van der Waals surface area contributed by atoms with Crippen LogP contribution in [0.4, 0.5) is 11.4 Å². The molecule has 3 aliphatic carbocycles. The van der Waals surface area contributed by atoms with Gasteiger partial charge in [0.05, 0.1) is 0 Å². The quantitative estimate of drug-likeness (QED) is 0.339. The normalized spacial score (nSPS) is 27.5. The topological polar surface area (TPSA) is 19.4 Å². The molecule has 4 aliphatic rings. The van der Waals surface area contributed by atoms with Crippen molar-refractivity contribution in [3.8, 4) is 0 Å². The third-order valence-electron chi connectivity index (χ3n) is 11.3. The molecule has 6 rings (SSSR count). The summed E-state index contributed by atoms with van der Waals surface area (Å²) in [4.78, 5) is 10.8. The molecule has 1 aromatic carbocycles. The maximum Gasteiger partial charge on any atom is 0.0458 e. The third-order valence-corrected chi connectivity index (χ3v) is 11.3. The van der Waals surface area contributed by atoms with Crippen molar-refractivity contribution in [1.82, 2.24) is 4.98 Å². The van der Waals surface area contributed by atoms with Crippen LogP contribution >= 0.6 is 0 Å². The number of anilines is 2. The zero-order valence-electron chi connectivity index (χ0n) is 25.6. The molecule has 218 valence electrons. The van der Waals surface area contributed by atoms with E-state index in [0.717, 1.165) is 43.9 Å². The van der Waals surface area contributed by atoms with E-state index in [4.69, 9.17) is 4.98 Å². The van der Waals surface area contributed by atoms with E-state index >= 15 is 0 Å². The van der Waals surface area contributed by atoms with E-state index in [0.29, 0.717) is 11.8 Å². The van der Waals surface area contributed by atoms with Gasteiger partial charge in [-0.3, -0.25) is 4.98 Å². The van der Waals surface area contributed by atoms with E-state index in [-0.39, 0.29) is 0 Å². The van der Waals surface area contributed by atoms with Gasteiger partial charge in [-0.1, -0.05) is 83.8 Å². The minimum atomic E-state index is 0.668. The maximum atomic E-state index is 5.45. The molecule has 3 nitrogen and oxygen atoms in total. The van der Waals surface area contributed by atoms with Crippen molar-refractivity contribution < 1.29 is 0 Å². The van der Waals surface area contributed by atoms with Crippen LogP contribution in [0.5, 0.6) is 0 Å². The predicted octanol–water partition coefficient (Wildman–Crippen LogP) is 9.82. The molecular weight excluding hydrogens is 486 g/mol. The first-order chi connectivity index (χ1) is 19.7. The summed E-state index contributed by atoms with van der Waals surface area (Å²) in [6, 6.07) is 14.6. The van der Waals surface area contributed by atoms with Crippen LogP contribution in [0, 0.1) is 11.8 Å². The molecule has 2 heterocycles. The van der Waals surface area contributed by atoms with E-state index in [1.165, 1.54) is 119 Å². The van der Waals surface area contributed by atoms with Crippen molar-refractivity contribution >= 4 is 11.4 Å². The Hall–Kier alpha value is -2.03. The molecule has 4 fully saturated rings. The molecule has 3 heteroatoms. The van der Waals surface area contributed by atoms with Crippen LogP contribution in [0.2, 0.25) is 0 Å². The fraction of sp³-hybridized carbons (Fsp3) is 0.703. The van der Waals surface area contributed by atoms with Gasteiger partial charge in [0.15, 0.2) is 0 Å². The lowest BCUT2D eigenvalue weighted by atomic mass is 9.89. The fourth-order valence-electron chi connectivity index (χ4n) is 8.66. The number of pyridine rings is 1. The largest absolute Gasteiger partial charge is 0.368 e. The van der Waals surface area contributed by atoms with Gasteiger partial charge in [-0.05, 0) is 86.1 Å². The summed E-state index contributed by atoms with van der Waals surface area (Å²) in [5.74, 6) is 3.81. The Morgan fingerprint density at radius 3 is 1.75 bits per heavy atom. The Bertz CT molecular complexity index is 1030. The second-order valence-corrected chi connectivity index (χ2v) is 14.0. The Kier molecular flexibility index (Phi) is 9.35. The van der Waals surface area contributed by atoms with Crippen LogP contribution < -0.4 is 9.80 Å². The van der Waals surface area contributed by atoms with E-state index in [1.807, 2.05) is 0 Å². The molecular formula is C37H55N3. The molecule has 1 aromatic heterocycles. The van der Waals surface area contributed by atoms with Crippen molar-refractivity contribution in [3.05, 3.63) is 53.3 Å². The number of benzene rings is 1. The highest BCUT2D eigenvalue weighted by molar-refractivity contribution is 5.54. The highest BCUT2D eigenvalue weighted by Gasteiger charge is 2.32. The monoisotopic (exact) mass is 541 g/mol. The second-order valence-electron chi connectivity index (χ2n) is 14.0. The van der Waals surface area contributed by atoms with E-state index in [2.05, 4.69) is 60.0 Å². The van der Waals surface area contributed by atoms with Crippen LogP contribution in [0.3, 0.4) is 0 Å². The lowest BCUT2D eigenvalue weighted by molar-refractivity contribution is 0.499. The molecule has 0 bridgehead atoms. The second kappa shape index (κ2) is 13.3. The molecule has 0 spiro atoms. The summed E-state index contributed by atoms with van der Waals surface area (Å²) in [5, 5.41) is 0. The molecule has 3 unspecified atom stereocenters. The number of hydrogen-bond acceptors (Lipinski definition) is 3. The molecule has 3 saturated carbocycles. The number of piperazine rings is 1. The summed E-state index contributed by atoms with van der Waals surface area (Å²) in [6.45, 7) is 9.30. The zero-order chi connectivity index (χ0) is 27.3. The average molecular weight is 542 g/mol. The molecule has 3 atom stereocenters. The van der Waals surface area contributed by atoms with E-state index < -0.39 is 0 Å². The van der Waals surface area contributed by atoms with Crippen molar-refractivity contribution in [3.63, 3.8) is 0 Å². The fourth-order valence-corrected chi connectivity index (χ4v) is 8.66. The van der Waals surface area contributed by atoms with Crippen LogP contribution in [0.15, 0.2) is 36.4 Å². The number of aromatic nitrogens is 1. The summed E-state index contributed by atoms with van der Waals surface area (Å²) in [7, 11) is 0. The van der Waals surface area contributed by atoms with Gasteiger partial charge in [0.1, 0.15) is 0 Å². The minimum Gasteiger partial charge on any atom is -0.368 e. The van der Waals surface area contributed by atoms with Gasteiger partial charge >= 0.3 is 0 Å². The van der Waals surface area contributed by atoms with Gasteiger partial charge in [-0.25, -0.2) is 0 Å². The summed E-state index contributed by atoms with van der Waals surface area (Å²) < 4.78 is 0. The lowest BCUT2D eigenvalue weighted by Gasteiger charge is -2.38. The van der Waals surface area contributed by atoms with Crippen LogP contribution in [0.25, 0.3) is 0 Å². The summed E-state index contributed by atoms with van der Waals surface area (Å²) >= 11 is 0. The summed E-state index contributed by atoms with van der Waals surface area (Å²) in [6.07, 6.45) is 20.6. The highest BCUT2D eigenvalue weighted by Crippen LogP contribution is 2.45. The molecule has 2 aromatic rings. The smallest absolute Gasteiger partial charge is 0.0458 e. The third kappa shape index (κ3) is 6.55. The van der Waals surface area contributed by atoms with Crippen LogP contribution in [-0.4, -0.2) is 31.2 Å².